The maximum absolute atomic E-state index is 10.7. The fourth-order valence-electron chi connectivity index (χ4n) is 2.09. The predicted molar refractivity (Wildman–Crippen MR) is 70.9 cm³/mol. The van der Waals surface area contributed by atoms with Gasteiger partial charge in [-0.05, 0) is 46.8 Å². The highest BCUT2D eigenvalue weighted by Crippen LogP contribution is 2.37. The minimum Gasteiger partial charge on any atom is -0.382 e. The molecule has 2 atom stereocenters. The molecule has 17 heavy (non-hydrogen) atoms. The summed E-state index contributed by atoms with van der Waals surface area (Å²) in [4.78, 5) is 12.1. The van der Waals surface area contributed by atoms with Gasteiger partial charge in [-0.25, -0.2) is 0 Å². The van der Waals surface area contributed by atoms with Crippen molar-refractivity contribution in [3.05, 3.63) is 20.3 Å². The molecule has 0 spiro atoms. The lowest BCUT2D eigenvalue weighted by Gasteiger charge is -2.24. The van der Waals surface area contributed by atoms with Gasteiger partial charge < -0.3 is 16.2 Å². The van der Waals surface area contributed by atoms with Crippen molar-refractivity contribution in [1.29, 1.82) is 0 Å². The Balaban J connectivity index is 2.01. The number of primary amides is 1. The van der Waals surface area contributed by atoms with Gasteiger partial charge >= 0.3 is 0 Å². The number of aliphatic hydroxyl groups excluding tert-OH is 1. The van der Waals surface area contributed by atoms with Crippen molar-refractivity contribution in [2.75, 3.05) is 6.54 Å². The molecular formula is C11H15BrN2O2S. The van der Waals surface area contributed by atoms with Gasteiger partial charge in [0.2, 0.25) is 5.91 Å². The molecule has 0 aliphatic heterocycles. The summed E-state index contributed by atoms with van der Waals surface area (Å²) >= 11 is 5.25. The summed E-state index contributed by atoms with van der Waals surface area (Å²) < 4.78 is 1.13. The first-order valence-corrected chi connectivity index (χ1v) is 7.17. The van der Waals surface area contributed by atoms with Crippen molar-refractivity contribution in [1.82, 2.24) is 5.32 Å². The molecule has 94 valence electrons. The average Bonchev–Trinajstić information content (AvgIpc) is 2.66. The van der Waals surface area contributed by atoms with Gasteiger partial charge in [0, 0.05) is 17.5 Å². The quantitative estimate of drug-likeness (QED) is 0.783. The number of amides is 1. The van der Waals surface area contributed by atoms with E-state index in [0.717, 1.165) is 23.0 Å². The van der Waals surface area contributed by atoms with Crippen molar-refractivity contribution < 1.29 is 9.90 Å². The first-order valence-electron chi connectivity index (χ1n) is 5.57. The summed E-state index contributed by atoms with van der Waals surface area (Å²) in [6, 6.07) is 2.34. The van der Waals surface area contributed by atoms with Crippen LogP contribution in [-0.2, 0) is 11.2 Å². The molecule has 1 aromatic heterocycles. The number of carbonyl (C=O) groups is 1. The minimum atomic E-state index is -1.11. The Morgan fingerprint density at radius 3 is 3.24 bits per heavy atom. The van der Waals surface area contributed by atoms with Gasteiger partial charge in [-0.3, -0.25) is 4.79 Å². The molecule has 0 saturated carbocycles. The van der Waals surface area contributed by atoms with Crippen LogP contribution in [0.2, 0.25) is 0 Å². The van der Waals surface area contributed by atoms with E-state index in [1.807, 2.05) is 0 Å². The normalized spacial score (nSPS) is 20.9. The zero-order valence-electron chi connectivity index (χ0n) is 9.28. The largest absolute Gasteiger partial charge is 0.382 e. The zero-order valence-corrected chi connectivity index (χ0v) is 11.7. The number of fused-ring (bicyclic) bond motifs is 1. The summed E-state index contributed by atoms with van der Waals surface area (Å²) in [5.74, 6) is -0.681. The van der Waals surface area contributed by atoms with E-state index in [4.69, 9.17) is 5.73 Å². The number of nitrogens with one attached hydrogen (secondary N) is 1. The topological polar surface area (TPSA) is 75.4 Å². The maximum Gasteiger partial charge on any atom is 0.247 e. The van der Waals surface area contributed by atoms with E-state index in [9.17, 15) is 9.90 Å². The smallest absolute Gasteiger partial charge is 0.247 e. The van der Waals surface area contributed by atoms with Crippen LogP contribution < -0.4 is 11.1 Å². The molecule has 0 bridgehead atoms. The third kappa shape index (κ3) is 3.07. The number of hydrogen-bond donors (Lipinski definition) is 3. The van der Waals surface area contributed by atoms with Crippen molar-refractivity contribution in [3.63, 3.8) is 0 Å². The second-order valence-electron chi connectivity index (χ2n) is 4.20. The molecule has 0 saturated heterocycles. The molecule has 6 heteroatoms. The SMILES string of the molecule is NC(=O)C(O)CNC1CCCc2sc(Br)cc21. The van der Waals surface area contributed by atoms with Crippen LogP contribution in [0.25, 0.3) is 0 Å². The van der Waals surface area contributed by atoms with Gasteiger partial charge in [-0.2, -0.15) is 0 Å². The van der Waals surface area contributed by atoms with Gasteiger partial charge in [-0.15, -0.1) is 11.3 Å². The van der Waals surface area contributed by atoms with Crippen LogP contribution in [0.1, 0.15) is 29.3 Å². The van der Waals surface area contributed by atoms with Crippen molar-refractivity contribution >= 4 is 33.2 Å². The predicted octanol–water partition coefficient (Wildman–Crippen LogP) is 1.32. The number of thiophene rings is 1. The molecule has 4 nitrogen and oxygen atoms in total. The first-order chi connectivity index (χ1) is 8.08. The standard InChI is InChI=1S/C11H15BrN2O2S/c12-10-4-6-7(2-1-3-9(6)17-10)14-5-8(15)11(13)16/h4,7-8,14-15H,1-3,5H2,(H2,13,16). The van der Waals surface area contributed by atoms with Crippen LogP contribution in [0.15, 0.2) is 9.85 Å². The monoisotopic (exact) mass is 318 g/mol. The fraction of sp³-hybridized carbons (Fsp3) is 0.545. The Labute approximate surface area is 112 Å². The molecule has 2 unspecified atom stereocenters. The van der Waals surface area contributed by atoms with Crippen LogP contribution in [0.4, 0.5) is 0 Å². The molecule has 1 aromatic rings. The summed E-state index contributed by atoms with van der Waals surface area (Å²) in [5, 5.41) is 12.6. The Bertz CT molecular complexity index is 422. The molecule has 0 radical (unpaired) electrons. The highest BCUT2D eigenvalue weighted by Gasteiger charge is 2.23. The van der Waals surface area contributed by atoms with Crippen molar-refractivity contribution in [2.24, 2.45) is 5.73 Å². The number of halogens is 1. The van der Waals surface area contributed by atoms with Gasteiger partial charge in [0.15, 0.2) is 0 Å². The van der Waals surface area contributed by atoms with Crippen molar-refractivity contribution in [3.8, 4) is 0 Å². The second kappa shape index (κ2) is 5.48. The molecule has 1 amide bonds. The van der Waals surface area contributed by atoms with E-state index in [1.54, 1.807) is 11.3 Å². The lowest BCUT2D eigenvalue weighted by atomic mass is 9.94. The third-order valence-corrected chi connectivity index (χ3v) is 4.68. The second-order valence-corrected chi connectivity index (χ2v) is 6.72. The first kappa shape index (κ1) is 13.0. The lowest BCUT2D eigenvalue weighted by molar-refractivity contribution is -0.125. The van der Waals surface area contributed by atoms with E-state index < -0.39 is 12.0 Å². The van der Waals surface area contributed by atoms with E-state index >= 15 is 0 Å². The molecule has 0 fully saturated rings. The number of aliphatic hydroxyl groups is 1. The van der Waals surface area contributed by atoms with Crippen LogP contribution in [0.3, 0.4) is 0 Å². The fourth-order valence-corrected chi connectivity index (χ4v) is 3.91. The summed E-state index contributed by atoms with van der Waals surface area (Å²) in [5.41, 5.74) is 6.30. The molecular weight excluding hydrogens is 304 g/mol. The van der Waals surface area contributed by atoms with Crippen LogP contribution in [0, 0.1) is 0 Å². The van der Waals surface area contributed by atoms with E-state index in [0.29, 0.717) is 0 Å². The van der Waals surface area contributed by atoms with Crippen molar-refractivity contribution in [2.45, 2.75) is 31.4 Å². The average molecular weight is 319 g/mol. The number of carbonyl (C=O) groups excluding carboxylic acids is 1. The number of nitrogens with two attached hydrogens (primary N) is 1. The van der Waals surface area contributed by atoms with E-state index in [-0.39, 0.29) is 12.6 Å². The Morgan fingerprint density at radius 2 is 2.53 bits per heavy atom. The summed E-state index contributed by atoms with van der Waals surface area (Å²) in [7, 11) is 0. The molecule has 0 aromatic carbocycles. The molecule has 2 rings (SSSR count). The van der Waals surface area contributed by atoms with Gasteiger partial charge in [0.25, 0.3) is 0 Å². The van der Waals surface area contributed by atoms with Gasteiger partial charge in [0.05, 0.1) is 3.79 Å². The highest BCUT2D eigenvalue weighted by atomic mass is 79.9. The van der Waals surface area contributed by atoms with Gasteiger partial charge in [0.1, 0.15) is 6.10 Å². The van der Waals surface area contributed by atoms with Crippen LogP contribution in [-0.4, -0.2) is 23.7 Å². The Hall–Kier alpha value is -0.430. The third-order valence-electron chi connectivity index (χ3n) is 2.97. The number of aryl methyl sites for hydroxylation is 1. The lowest BCUT2D eigenvalue weighted by Crippen LogP contribution is -2.39. The molecule has 1 aliphatic rings. The van der Waals surface area contributed by atoms with Crippen LogP contribution >= 0.6 is 27.3 Å². The maximum atomic E-state index is 10.7. The summed E-state index contributed by atoms with van der Waals surface area (Å²) in [6.45, 7) is 0.215. The molecule has 4 N–H and O–H groups in total. The minimum absolute atomic E-state index is 0.215. The number of rotatable bonds is 4. The van der Waals surface area contributed by atoms with Crippen LogP contribution in [0.5, 0.6) is 0 Å². The zero-order chi connectivity index (χ0) is 12.4. The van der Waals surface area contributed by atoms with Gasteiger partial charge in [-0.1, -0.05) is 0 Å². The summed E-state index contributed by atoms with van der Waals surface area (Å²) in [6.07, 6.45) is 2.16. The highest BCUT2D eigenvalue weighted by molar-refractivity contribution is 9.11. The molecule has 1 heterocycles. The Morgan fingerprint density at radius 1 is 1.76 bits per heavy atom. The Kier molecular flexibility index (Phi) is 4.19. The molecule has 1 aliphatic carbocycles. The number of hydrogen-bond acceptors (Lipinski definition) is 4. The van der Waals surface area contributed by atoms with E-state index in [1.165, 1.54) is 10.4 Å². The van der Waals surface area contributed by atoms with E-state index in [2.05, 4.69) is 27.3 Å².